The van der Waals surface area contributed by atoms with Crippen molar-refractivity contribution in [2.75, 3.05) is 25.6 Å². The number of methoxy groups -OCH3 is 1. The predicted molar refractivity (Wildman–Crippen MR) is 133 cm³/mol. The zero-order valence-corrected chi connectivity index (χ0v) is 19.9. The van der Waals surface area contributed by atoms with Gasteiger partial charge in [-0.1, -0.05) is 36.4 Å². The summed E-state index contributed by atoms with van der Waals surface area (Å²) in [7, 11) is 1.54. The third kappa shape index (κ3) is 4.58. The third-order valence-corrected chi connectivity index (χ3v) is 6.68. The van der Waals surface area contributed by atoms with E-state index in [9.17, 15) is 22.8 Å². The lowest BCUT2D eigenvalue weighted by Crippen LogP contribution is -2.47. The molecule has 0 saturated heterocycles. The zero-order chi connectivity index (χ0) is 26.2. The molecule has 0 aliphatic carbocycles. The van der Waals surface area contributed by atoms with Gasteiger partial charge in [0.15, 0.2) is 0 Å². The van der Waals surface area contributed by atoms with Gasteiger partial charge in [0, 0.05) is 47.6 Å². The fourth-order valence-electron chi connectivity index (χ4n) is 4.96. The molecule has 5 rings (SSSR count). The molecule has 2 N–H and O–H groups in total. The molecule has 0 bridgehead atoms. The number of nitrogens with zero attached hydrogens (tertiary/aromatic N) is 1. The monoisotopic (exact) mass is 507 g/mol. The van der Waals surface area contributed by atoms with E-state index in [1.807, 2.05) is 24.3 Å². The Hall–Kier alpha value is -4.11. The highest BCUT2D eigenvalue weighted by molar-refractivity contribution is 6.05. The molecule has 1 aliphatic heterocycles. The van der Waals surface area contributed by atoms with E-state index in [0.29, 0.717) is 11.1 Å². The van der Waals surface area contributed by atoms with Gasteiger partial charge in [-0.05, 0) is 42.0 Å². The van der Waals surface area contributed by atoms with Crippen LogP contribution in [0, 0.1) is 0 Å². The SMILES string of the molecule is COCCN1C(=O)c2ccccc2[C@@H](C(=O)Nc2ccc(C(F)(F)F)cc2)[C@H]1c1c[nH]c2ccccc12. The number of ether oxygens (including phenoxy) is 1. The van der Waals surface area contributed by atoms with Crippen LogP contribution in [0.25, 0.3) is 10.9 Å². The molecule has 0 saturated carbocycles. The Morgan fingerprint density at radius 3 is 2.43 bits per heavy atom. The summed E-state index contributed by atoms with van der Waals surface area (Å²) < 4.78 is 44.3. The van der Waals surface area contributed by atoms with Crippen molar-refractivity contribution >= 4 is 28.4 Å². The molecule has 9 heteroatoms. The Labute approximate surface area is 211 Å². The van der Waals surface area contributed by atoms with Crippen LogP contribution in [0.1, 0.15) is 39.0 Å². The number of anilines is 1. The molecule has 3 aromatic carbocycles. The Kier molecular flexibility index (Phi) is 6.47. The summed E-state index contributed by atoms with van der Waals surface area (Å²) in [5.74, 6) is -1.48. The molecule has 0 spiro atoms. The second kappa shape index (κ2) is 9.74. The highest BCUT2D eigenvalue weighted by Gasteiger charge is 2.45. The minimum Gasteiger partial charge on any atom is -0.383 e. The fourth-order valence-corrected chi connectivity index (χ4v) is 4.96. The standard InChI is InChI=1S/C28H24F3N3O3/c1-37-15-14-34-25(22-16-32-23-9-5-4-6-19(22)23)24(20-7-2-3-8-21(20)27(34)36)26(35)33-18-12-10-17(11-13-18)28(29,30)31/h2-13,16,24-25,32H,14-15H2,1H3,(H,33,35)/t24-,25-/m1/s1. The number of amides is 2. The highest BCUT2D eigenvalue weighted by Crippen LogP contribution is 2.45. The van der Waals surface area contributed by atoms with Crippen LogP contribution in [0.2, 0.25) is 0 Å². The molecule has 0 unspecified atom stereocenters. The Morgan fingerprint density at radius 1 is 1.00 bits per heavy atom. The normalized spacial score (nSPS) is 17.6. The molecule has 6 nitrogen and oxygen atoms in total. The summed E-state index contributed by atoms with van der Waals surface area (Å²) in [5, 5.41) is 3.65. The molecule has 1 aliphatic rings. The number of halogens is 3. The van der Waals surface area contributed by atoms with E-state index in [0.717, 1.165) is 28.6 Å². The van der Waals surface area contributed by atoms with Crippen molar-refractivity contribution in [2.24, 2.45) is 0 Å². The van der Waals surface area contributed by atoms with Crippen LogP contribution in [0.4, 0.5) is 18.9 Å². The molecule has 1 aromatic heterocycles. The second-order valence-corrected chi connectivity index (χ2v) is 8.86. The number of hydrogen-bond acceptors (Lipinski definition) is 3. The summed E-state index contributed by atoms with van der Waals surface area (Å²) in [6.07, 6.45) is -2.68. The lowest BCUT2D eigenvalue weighted by Gasteiger charge is -2.41. The smallest absolute Gasteiger partial charge is 0.383 e. The molecule has 0 radical (unpaired) electrons. The fraction of sp³-hybridized carbons (Fsp3) is 0.214. The molecule has 2 heterocycles. The van der Waals surface area contributed by atoms with Crippen LogP contribution in [-0.4, -0.2) is 42.0 Å². The van der Waals surface area contributed by atoms with Gasteiger partial charge in [-0.3, -0.25) is 9.59 Å². The van der Waals surface area contributed by atoms with Gasteiger partial charge < -0.3 is 19.9 Å². The van der Waals surface area contributed by atoms with Gasteiger partial charge in [0.25, 0.3) is 5.91 Å². The molecule has 4 aromatic rings. The number of benzene rings is 3. The number of aromatic amines is 1. The largest absolute Gasteiger partial charge is 0.416 e. The molecule has 37 heavy (non-hydrogen) atoms. The Bertz CT molecular complexity index is 1450. The number of para-hydroxylation sites is 1. The summed E-state index contributed by atoms with van der Waals surface area (Å²) in [4.78, 5) is 32.4. The number of H-pyrrole nitrogens is 1. The third-order valence-electron chi connectivity index (χ3n) is 6.68. The summed E-state index contributed by atoms with van der Waals surface area (Å²) in [6, 6.07) is 18.2. The number of fused-ring (bicyclic) bond motifs is 2. The number of nitrogens with one attached hydrogen (secondary N) is 2. The summed E-state index contributed by atoms with van der Waals surface area (Å²) in [6.45, 7) is 0.512. The van der Waals surface area contributed by atoms with Crippen LogP contribution in [0.5, 0.6) is 0 Å². The van der Waals surface area contributed by atoms with Gasteiger partial charge in [0.2, 0.25) is 5.91 Å². The average molecular weight is 508 g/mol. The number of carbonyl (C=O) groups is 2. The number of aromatic nitrogens is 1. The van der Waals surface area contributed by atoms with Gasteiger partial charge in [0.05, 0.1) is 24.1 Å². The van der Waals surface area contributed by atoms with Crippen molar-refractivity contribution in [1.82, 2.24) is 9.88 Å². The quantitative estimate of drug-likeness (QED) is 0.349. The maximum absolute atomic E-state index is 13.9. The number of carbonyl (C=O) groups excluding carboxylic acids is 2. The van der Waals surface area contributed by atoms with Gasteiger partial charge in [-0.25, -0.2) is 0 Å². The first kappa shape index (κ1) is 24.6. The van der Waals surface area contributed by atoms with E-state index >= 15 is 0 Å². The van der Waals surface area contributed by atoms with E-state index in [-0.39, 0.29) is 24.7 Å². The van der Waals surface area contributed by atoms with Crippen molar-refractivity contribution in [2.45, 2.75) is 18.1 Å². The molecule has 190 valence electrons. The van der Waals surface area contributed by atoms with Crippen molar-refractivity contribution < 1.29 is 27.5 Å². The van der Waals surface area contributed by atoms with E-state index in [2.05, 4.69) is 10.3 Å². The van der Waals surface area contributed by atoms with E-state index in [4.69, 9.17) is 4.74 Å². The van der Waals surface area contributed by atoms with Crippen molar-refractivity contribution in [3.63, 3.8) is 0 Å². The number of rotatable bonds is 6. The van der Waals surface area contributed by atoms with Gasteiger partial charge in [-0.15, -0.1) is 0 Å². The van der Waals surface area contributed by atoms with Crippen LogP contribution >= 0.6 is 0 Å². The van der Waals surface area contributed by atoms with Crippen LogP contribution in [0.3, 0.4) is 0 Å². The second-order valence-electron chi connectivity index (χ2n) is 8.86. The van der Waals surface area contributed by atoms with Crippen molar-refractivity contribution in [1.29, 1.82) is 0 Å². The Morgan fingerprint density at radius 2 is 1.70 bits per heavy atom. The lowest BCUT2D eigenvalue weighted by atomic mass is 9.79. The molecule has 2 atom stereocenters. The van der Waals surface area contributed by atoms with E-state index in [1.54, 1.807) is 35.4 Å². The first-order valence-corrected chi connectivity index (χ1v) is 11.7. The lowest BCUT2D eigenvalue weighted by molar-refractivity contribution is -0.137. The number of hydrogen-bond donors (Lipinski definition) is 2. The topological polar surface area (TPSA) is 74.4 Å². The van der Waals surface area contributed by atoms with Crippen molar-refractivity contribution in [3.05, 3.63) is 101 Å². The van der Waals surface area contributed by atoms with E-state index < -0.39 is 29.6 Å². The maximum atomic E-state index is 13.9. The first-order chi connectivity index (χ1) is 17.8. The molecular weight excluding hydrogens is 483 g/mol. The number of alkyl halides is 3. The highest BCUT2D eigenvalue weighted by atomic mass is 19.4. The van der Waals surface area contributed by atoms with Crippen molar-refractivity contribution in [3.8, 4) is 0 Å². The van der Waals surface area contributed by atoms with Crippen LogP contribution in [-0.2, 0) is 15.7 Å². The first-order valence-electron chi connectivity index (χ1n) is 11.7. The molecule has 0 fully saturated rings. The van der Waals surface area contributed by atoms with Gasteiger partial charge in [0.1, 0.15) is 0 Å². The van der Waals surface area contributed by atoms with Gasteiger partial charge in [-0.2, -0.15) is 13.2 Å². The molecule has 2 amide bonds. The zero-order valence-electron chi connectivity index (χ0n) is 19.9. The summed E-state index contributed by atoms with van der Waals surface area (Å²) in [5.41, 5.74) is 2.01. The minimum atomic E-state index is -4.48. The predicted octanol–water partition coefficient (Wildman–Crippen LogP) is 5.75. The van der Waals surface area contributed by atoms with Crippen LogP contribution < -0.4 is 5.32 Å². The minimum absolute atomic E-state index is 0.221. The van der Waals surface area contributed by atoms with Gasteiger partial charge >= 0.3 is 6.18 Å². The maximum Gasteiger partial charge on any atom is 0.416 e. The Balaban J connectivity index is 1.61. The summed E-state index contributed by atoms with van der Waals surface area (Å²) >= 11 is 0. The average Bonchev–Trinajstić information content (AvgIpc) is 3.31. The van der Waals surface area contributed by atoms with Crippen LogP contribution in [0.15, 0.2) is 79.0 Å². The molecular formula is C28H24F3N3O3. The van der Waals surface area contributed by atoms with E-state index in [1.165, 1.54) is 19.2 Å².